The van der Waals surface area contributed by atoms with E-state index in [4.69, 9.17) is 0 Å². The van der Waals surface area contributed by atoms with Crippen LogP contribution in [-0.4, -0.2) is 63.4 Å². The normalized spacial score (nSPS) is 12.1. The summed E-state index contributed by atoms with van der Waals surface area (Å²) >= 11 is 0. The predicted octanol–water partition coefficient (Wildman–Crippen LogP) is 1.09. The molecule has 0 spiro atoms. The van der Waals surface area contributed by atoms with Crippen LogP contribution in [0, 0.1) is 0 Å². The number of pyridine rings is 1. The van der Waals surface area contributed by atoms with Gasteiger partial charge in [0, 0.05) is 39.1 Å². The summed E-state index contributed by atoms with van der Waals surface area (Å²) in [6.07, 6.45) is 3.93. The fourth-order valence-corrected chi connectivity index (χ4v) is 2.89. The van der Waals surface area contributed by atoms with Crippen LogP contribution in [0.4, 0.5) is 5.69 Å². The maximum atomic E-state index is 12.6. The Labute approximate surface area is 121 Å². The summed E-state index contributed by atoms with van der Waals surface area (Å²) in [7, 11) is 1.91. The summed E-state index contributed by atoms with van der Waals surface area (Å²) < 4.78 is 26.5. The molecule has 0 unspecified atom stereocenters. The van der Waals surface area contributed by atoms with E-state index in [1.54, 1.807) is 19.3 Å². The van der Waals surface area contributed by atoms with E-state index in [1.807, 2.05) is 25.9 Å². The second-order valence-electron chi connectivity index (χ2n) is 4.93. The lowest BCUT2D eigenvalue weighted by Crippen LogP contribution is -2.34. The first-order chi connectivity index (χ1) is 9.39. The molecule has 114 valence electrons. The number of nitrogens with zero attached hydrogens (tertiary/aromatic N) is 3. The lowest BCUT2D eigenvalue weighted by atomic mass is 10.4. The lowest BCUT2D eigenvalue weighted by molar-refractivity contribution is 0.358. The van der Waals surface area contributed by atoms with Crippen LogP contribution in [0.15, 0.2) is 23.4 Å². The topological polar surface area (TPSA) is 65.5 Å². The van der Waals surface area contributed by atoms with Crippen LogP contribution in [0.25, 0.3) is 0 Å². The van der Waals surface area contributed by atoms with Gasteiger partial charge in [-0.2, -0.15) is 4.31 Å². The molecule has 1 aromatic heterocycles. The number of hydrogen-bond acceptors (Lipinski definition) is 5. The monoisotopic (exact) mass is 300 g/mol. The van der Waals surface area contributed by atoms with Crippen molar-refractivity contribution in [2.24, 2.45) is 0 Å². The molecule has 0 aliphatic carbocycles. The molecule has 0 atom stereocenters. The number of anilines is 1. The van der Waals surface area contributed by atoms with Crippen LogP contribution >= 0.6 is 0 Å². The van der Waals surface area contributed by atoms with Gasteiger partial charge in [-0.3, -0.25) is 4.98 Å². The highest BCUT2D eigenvalue weighted by atomic mass is 32.2. The van der Waals surface area contributed by atoms with Gasteiger partial charge >= 0.3 is 0 Å². The van der Waals surface area contributed by atoms with Crippen molar-refractivity contribution < 1.29 is 8.42 Å². The molecule has 0 aliphatic heterocycles. The van der Waals surface area contributed by atoms with Crippen LogP contribution < -0.4 is 5.32 Å². The van der Waals surface area contributed by atoms with Gasteiger partial charge in [0.15, 0.2) is 0 Å². The molecule has 0 amide bonds. The van der Waals surface area contributed by atoms with Gasteiger partial charge in [-0.05, 0) is 26.6 Å². The minimum absolute atomic E-state index is 0.231. The van der Waals surface area contributed by atoms with Gasteiger partial charge in [-0.1, -0.05) is 6.92 Å². The number of hydrogen-bond donors (Lipinski definition) is 1. The summed E-state index contributed by atoms with van der Waals surface area (Å²) in [5.41, 5.74) is 0.610. The summed E-state index contributed by atoms with van der Waals surface area (Å²) in [5.74, 6) is 0. The Morgan fingerprint density at radius 1 is 1.25 bits per heavy atom. The fourth-order valence-electron chi connectivity index (χ4n) is 1.62. The number of aromatic nitrogens is 1. The fraction of sp³-hybridized carbons (Fsp3) is 0.615. The first-order valence-electron chi connectivity index (χ1n) is 6.68. The van der Waals surface area contributed by atoms with Crippen LogP contribution in [0.5, 0.6) is 0 Å². The Morgan fingerprint density at radius 3 is 2.55 bits per heavy atom. The third-order valence-electron chi connectivity index (χ3n) is 2.90. The molecule has 20 heavy (non-hydrogen) atoms. The Hall–Kier alpha value is -1.18. The molecule has 0 radical (unpaired) electrons. The van der Waals surface area contributed by atoms with E-state index in [2.05, 4.69) is 10.3 Å². The zero-order valence-electron chi connectivity index (χ0n) is 12.6. The van der Waals surface area contributed by atoms with Crippen molar-refractivity contribution in [3.8, 4) is 0 Å². The van der Waals surface area contributed by atoms with Crippen LogP contribution in [-0.2, 0) is 10.0 Å². The first-order valence-corrected chi connectivity index (χ1v) is 8.12. The first kappa shape index (κ1) is 16.9. The van der Waals surface area contributed by atoms with E-state index < -0.39 is 10.0 Å². The van der Waals surface area contributed by atoms with Crippen molar-refractivity contribution in [2.75, 3.05) is 46.1 Å². The summed E-state index contributed by atoms with van der Waals surface area (Å²) in [5, 5.41) is 3.13. The van der Waals surface area contributed by atoms with Gasteiger partial charge < -0.3 is 10.2 Å². The molecule has 6 nitrogen and oxygen atoms in total. The van der Waals surface area contributed by atoms with E-state index in [0.29, 0.717) is 18.8 Å². The summed E-state index contributed by atoms with van der Waals surface area (Å²) in [6.45, 7) is 3.88. The Balaban J connectivity index is 2.96. The van der Waals surface area contributed by atoms with E-state index in [0.717, 1.165) is 13.0 Å². The number of nitrogens with one attached hydrogen (secondary N) is 1. The molecule has 0 fully saturated rings. The Kier molecular flexibility index (Phi) is 6.38. The smallest absolute Gasteiger partial charge is 0.246 e. The van der Waals surface area contributed by atoms with E-state index in [-0.39, 0.29) is 4.90 Å². The van der Waals surface area contributed by atoms with E-state index in [9.17, 15) is 8.42 Å². The van der Waals surface area contributed by atoms with Crippen molar-refractivity contribution in [1.29, 1.82) is 0 Å². The number of likely N-dealkylation sites (N-methyl/N-ethyl adjacent to an activating group) is 2. The number of rotatable bonds is 8. The predicted molar refractivity (Wildman–Crippen MR) is 81.4 cm³/mol. The SMILES string of the molecule is CCCNc1ccncc1S(=O)(=O)N(C)CCN(C)C. The maximum Gasteiger partial charge on any atom is 0.246 e. The second-order valence-corrected chi connectivity index (χ2v) is 6.94. The quantitative estimate of drug-likeness (QED) is 0.778. The van der Waals surface area contributed by atoms with Gasteiger partial charge in [-0.25, -0.2) is 8.42 Å². The molecule has 1 heterocycles. The molecular formula is C13H24N4O2S. The molecule has 0 saturated heterocycles. The van der Waals surface area contributed by atoms with Crippen molar-refractivity contribution in [2.45, 2.75) is 18.2 Å². The molecule has 1 N–H and O–H groups in total. The van der Waals surface area contributed by atoms with Crippen LogP contribution in [0.1, 0.15) is 13.3 Å². The average molecular weight is 300 g/mol. The molecule has 0 saturated carbocycles. The minimum Gasteiger partial charge on any atom is -0.384 e. The molecule has 0 bridgehead atoms. The standard InChI is InChI=1S/C13H24N4O2S/c1-5-7-15-12-6-8-14-11-13(12)20(18,19)17(4)10-9-16(2)3/h6,8,11H,5,7,9-10H2,1-4H3,(H,14,15). The molecular weight excluding hydrogens is 276 g/mol. The largest absolute Gasteiger partial charge is 0.384 e. The molecule has 0 aliphatic rings. The maximum absolute atomic E-state index is 12.6. The average Bonchev–Trinajstić information content (AvgIpc) is 2.42. The van der Waals surface area contributed by atoms with Gasteiger partial charge in [0.2, 0.25) is 10.0 Å². The van der Waals surface area contributed by atoms with Crippen LogP contribution in [0.2, 0.25) is 0 Å². The van der Waals surface area contributed by atoms with Crippen molar-refractivity contribution >= 4 is 15.7 Å². The van der Waals surface area contributed by atoms with Crippen molar-refractivity contribution in [1.82, 2.24) is 14.2 Å². The summed E-state index contributed by atoms with van der Waals surface area (Å²) in [4.78, 5) is 6.12. The molecule has 0 aromatic carbocycles. The number of sulfonamides is 1. The van der Waals surface area contributed by atoms with Gasteiger partial charge in [0.1, 0.15) is 4.90 Å². The van der Waals surface area contributed by atoms with Gasteiger partial charge in [0.05, 0.1) is 5.69 Å². The minimum atomic E-state index is -3.51. The highest BCUT2D eigenvalue weighted by molar-refractivity contribution is 7.89. The lowest BCUT2D eigenvalue weighted by Gasteiger charge is -2.21. The summed E-state index contributed by atoms with van der Waals surface area (Å²) in [6, 6.07) is 1.70. The highest BCUT2D eigenvalue weighted by Crippen LogP contribution is 2.22. The van der Waals surface area contributed by atoms with E-state index >= 15 is 0 Å². The molecule has 1 rings (SSSR count). The Morgan fingerprint density at radius 2 is 1.95 bits per heavy atom. The third-order valence-corrected chi connectivity index (χ3v) is 4.78. The zero-order valence-corrected chi connectivity index (χ0v) is 13.4. The second kappa shape index (κ2) is 7.56. The highest BCUT2D eigenvalue weighted by Gasteiger charge is 2.24. The van der Waals surface area contributed by atoms with E-state index in [1.165, 1.54) is 10.5 Å². The van der Waals surface area contributed by atoms with Gasteiger partial charge in [-0.15, -0.1) is 0 Å². The van der Waals surface area contributed by atoms with Crippen LogP contribution in [0.3, 0.4) is 0 Å². The van der Waals surface area contributed by atoms with Gasteiger partial charge in [0.25, 0.3) is 0 Å². The van der Waals surface area contributed by atoms with Crippen molar-refractivity contribution in [3.05, 3.63) is 18.5 Å². The molecule has 7 heteroatoms. The molecule has 1 aromatic rings. The Bertz CT molecular complexity index is 517. The third kappa shape index (κ3) is 4.43. The van der Waals surface area contributed by atoms with Crippen molar-refractivity contribution in [3.63, 3.8) is 0 Å². The zero-order chi connectivity index (χ0) is 15.2.